The van der Waals surface area contributed by atoms with E-state index in [9.17, 15) is 19.2 Å². The number of rotatable bonds is 18. The van der Waals surface area contributed by atoms with E-state index in [0.717, 1.165) is 47.7 Å². The van der Waals surface area contributed by atoms with Crippen LogP contribution in [0.25, 0.3) is 0 Å². The van der Waals surface area contributed by atoms with Crippen LogP contribution >= 0.6 is 11.6 Å². The molecule has 2 aromatic carbocycles. The number of piperidine rings is 1. The summed E-state index contributed by atoms with van der Waals surface area (Å²) in [6, 6.07) is 12.5. The summed E-state index contributed by atoms with van der Waals surface area (Å²) < 4.78 is 17.3. The number of benzene rings is 2. The van der Waals surface area contributed by atoms with Gasteiger partial charge in [0.2, 0.25) is 17.7 Å². The maximum Gasteiger partial charge on any atom is 0.255 e. The Bertz CT molecular complexity index is 1940. The molecule has 3 aliphatic heterocycles. The van der Waals surface area contributed by atoms with Gasteiger partial charge in [0.15, 0.2) is 0 Å². The molecule has 310 valence electrons. The second-order valence-corrected chi connectivity index (χ2v) is 16.0. The number of nitrogens with zero attached hydrogens (tertiary/aromatic N) is 5. The summed E-state index contributed by atoms with van der Waals surface area (Å²) in [7, 11) is 0. The van der Waals surface area contributed by atoms with Gasteiger partial charge in [0.25, 0.3) is 5.91 Å². The Kier molecular flexibility index (Phi) is 14.0. The standard InChI is InChI=1S/C43H54ClN7O7/c1-28-24-29(2)39-38(28)40(47-27-46-39)49-14-16-50(17-15-49)42(54)34(31-6-8-32(44)9-7-31)25-45-13-19-57-21-23-58-22-20-56-18-12-30-4-3-5-33-35(30)26-51(43(33)55)36-10-11-37(52)48-41(36)53/h3-9,27-29,34,36,45H,10-26H2,1-2H3,(H,48,52,53)/t28-,29-,34-,36?/m1/s1. The maximum atomic E-state index is 14.0. The van der Waals surface area contributed by atoms with Gasteiger partial charge in [0.05, 0.1) is 51.3 Å². The summed E-state index contributed by atoms with van der Waals surface area (Å²) in [6.07, 6.45) is 3.97. The fraction of sp³-hybridized carbons (Fsp3) is 0.535. The van der Waals surface area contributed by atoms with Gasteiger partial charge < -0.3 is 34.2 Å². The maximum absolute atomic E-state index is 14.0. The van der Waals surface area contributed by atoms with Gasteiger partial charge in [-0.1, -0.05) is 49.7 Å². The highest BCUT2D eigenvalue weighted by molar-refractivity contribution is 6.30. The molecule has 7 rings (SSSR count). The van der Waals surface area contributed by atoms with Crippen LogP contribution in [0.2, 0.25) is 5.02 Å². The van der Waals surface area contributed by atoms with Crippen LogP contribution in [0.3, 0.4) is 0 Å². The number of nitrogens with one attached hydrogen (secondary N) is 2. The minimum atomic E-state index is -0.633. The second-order valence-electron chi connectivity index (χ2n) is 15.6. The van der Waals surface area contributed by atoms with E-state index in [1.807, 2.05) is 41.3 Å². The first-order valence-corrected chi connectivity index (χ1v) is 20.9. The van der Waals surface area contributed by atoms with Gasteiger partial charge in [-0.3, -0.25) is 24.5 Å². The van der Waals surface area contributed by atoms with Crippen molar-refractivity contribution in [3.8, 4) is 0 Å². The highest BCUT2D eigenvalue weighted by atomic mass is 35.5. The van der Waals surface area contributed by atoms with Crippen LogP contribution in [-0.2, 0) is 41.6 Å². The van der Waals surface area contributed by atoms with Crippen molar-refractivity contribution in [2.75, 3.05) is 83.8 Å². The molecule has 0 spiro atoms. The largest absolute Gasteiger partial charge is 0.379 e. The van der Waals surface area contributed by atoms with E-state index in [0.29, 0.717) is 108 Å². The molecule has 4 amide bonds. The molecule has 14 nitrogen and oxygen atoms in total. The normalized spacial score (nSPS) is 21.0. The molecular weight excluding hydrogens is 762 g/mol. The van der Waals surface area contributed by atoms with Crippen LogP contribution in [0.15, 0.2) is 48.8 Å². The van der Waals surface area contributed by atoms with E-state index in [-0.39, 0.29) is 30.1 Å². The van der Waals surface area contributed by atoms with E-state index < -0.39 is 11.9 Å². The van der Waals surface area contributed by atoms with Crippen molar-refractivity contribution >= 4 is 41.0 Å². The summed E-state index contributed by atoms with van der Waals surface area (Å²) in [6.45, 7) is 11.3. The summed E-state index contributed by atoms with van der Waals surface area (Å²) >= 11 is 6.20. The molecule has 4 aliphatic rings. The number of carbonyl (C=O) groups excluding carboxylic acids is 4. The molecule has 1 aromatic heterocycles. The van der Waals surface area contributed by atoms with Gasteiger partial charge in [-0.2, -0.15) is 0 Å². The van der Waals surface area contributed by atoms with Gasteiger partial charge >= 0.3 is 0 Å². The van der Waals surface area contributed by atoms with Crippen molar-refractivity contribution in [2.24, 2.45) is 0 Å². The number of imide groups is 1. The molecule has 2 fully saturated rings. The Balaban J connectivity index is 0.774. The Labute approximate surface area is 344 Å². The van der Waals surface area contributed by atoms with Crippen molar-refractivity contribution in [1.82, 2.24) is 30.4 Å². The summed E-state index contributed by atoms with van der Waals surface area (Å²) in [4.78, 5) is 66.2. The fourth-order valence-corrected chi connectivity index (χ4v) is 8.80. The zero-order valence-electron chi connectivity index (χ0n) is 33.4. The Morgan fingerprint density at radius 1 is 0.914 bits per heavy atom. The number of piperazine rings is 1. The van der Waals surface area contributed by atoms with Crippen molar-refractivity contribution in [2.45, 2.75) is 69.9 Å². The number of hydrogen-bond donors (Lipinski definition) is 2. The van der Waals surface area contributed by atoms with Gasteiger partial charge in [0, 0.05) is 68.4 Å². The van der Waals surface area contributed by atoms with E-state index >= 15 is 0 Å². The quantitative estimate of drug-likeness (QED) is 0.142. The third kappa shape index (κ3) is 9.69. The SMILES string of the molecule is C[C@@H]1C[C@@H](C)c2c1ncnc2N1CCN(C(=O)[C@H](CNCCOCCOCCOCCc2cccc3c2CN(C2CCC(=O)NC2=O)C3=O)c2ccc(Cl)cc2)CC1. The van der Waals surface area contributed by atoms with Crippen molar-refractivity contribution in [3.05, 3.63) is 87.3 Å². The Hall–Kier alpha value is -4.47. The molecule has 0 saturated carbocycles. The lowest BCUT2D eigenvalue weighted by Gasteiger charge is -2.38. The molecule has 2 saturated heterocycles. The molecule has 2 N–H and O–H groups in total. The average molecular weight is 816 g/mol. The third-order valence-corrected chi connectivity index (χ3v) is 12.0. The number of halogens is 1. The van der Waals surface area contributed by atoms with Crippen LogP contribution in [0.1, 0.15) is 89.2 Å². The first-order chi connectivity index (χ1) is 28.2. The van der Waals surface area contributed by atoms with Gasteiger partial charge in [-0.05, 0) is 66.0 Å². The zero-order chi connectivity index (χ0) is 40.6. The summed E-state index contributed by atoms with van der Waals surface area (Å²) in [5.74, 6) is 0.743. The van der Waals surface area contributed by atoms with Gasteiger partial charge in [0.1, 0.15) is 18.2 Å². The monoisotopic (exact) mass is 815 g/mol. The lowest BCUT2D eigenvalue weighted by Crippen LogP contribution is -2.52. The summed E-state index contributed by atoms with van der Waals surface area (Å²) in [5.41, 5.74) is 5.89. The molecule has 15 heteroatoms. The molecule has 3 aromatic rings. The predicted octanol–water partition coefficient (Wildman–Crippen LogP) is 3.82. The number of amides is 4. The minimum Gasteiger partial charge on any atom is -0.379 e. The van der Waals surface area contributed by atoms with Crippen LogP contribution < -0.4 is 15.5 Å². The topological polar surface area (TPSA) is 156 Å². The Morgan fingerprint density at radius 2 is 1.64 bits per heavy atom. The number of hydrogen-bond acceptors (Lipinski definition) is 11. The molecule has 1 unspecified atom stereocenters. The smallest absolute Gasteiger partial charge is 0.255 e. The van der Waals surface area contributed by atoms with Crippen LogP contribution in [0, 0.1) is 0 Å². The zero-order valence-corrected chi connectivity index (χ0v) is 34.2. The van der Waals surface area contributed by atoms with Crippen LogP contribution in [-0.4, -0.2) is 128 Å². The van der Waals surface area contributed by atoms with Gasteiger partial charge in [-0.25, -0.2) is 9.97 Å². The predicted molar refractivity (Wildman–Crippen MR) is 218 cm³/mol. The van der Waals surface area contributed by atoms with E-state index in [2.05, 4.69) is 34.4 Å². The van der Waals surface area contributed by atoms with Crippen molar-refractivity contribution in [1.29, 1.82) is 0 Å². The Morgan fingerprint density at radius 3 is 2.38 bits per heavy atom. The minimum absolute atomic E-state index is 0.0973. The van der Waals surface area contributed by atoms with Crippen LogP contribution in [0.4, 0.5) is 5.82 Å². The number of ether oxygens (including phenoxy) is 3. The average Bonchev–Trinajstić information content (AvgIpc) is 3.72. The van der Waals surface area contributed by atoms with Crippen molar-refractivity contribution < 1.29 is 33.4 Å². The highest BCUT2D eigenvalue weighted by Crippen LogP contribution is 2.44. The molecule has 0 radical (unpaired) electrons. The first-order valence-electron chi connectivity index (χ1n) is 20.5. The lowest BCUT2D eigenvalue weighted by atomic mass is 9.97. The van der Waals surface area contributed by atoms with E-state index in [1.54, 1.807) is 17.3 Å². The molecule has 58 heavy (non-hydrogen) atoms. The number of fused-ring (bicyclic) bond motifs is 2. The van der Waals surface area contributed by atoms with Gasteiger partial charge in [-0.15, -0.1) is 0 Å². The molecule has 1 aliphatic carbocycles. The highest BCUT2D eigenvalue weighted by Gasteiger charge is 2.40. The number of aromatic nitrogens is 2. The number of anilines is 1. The first kappa shape index (κ1) is 41.7. The van der Waals surface area contributed by atoms with Crippen molar-refractivity contribution in [3.63, 3.8) is 0 Å². The molecular formula is C43H54ClN7O7. The van der Waals surface area contributed by atoms with Crippen LogP contribution in [0.5, 0.6) is 0 Å². The van der Waals surface area contributed by atoms with E-state index in [4.69, 9.17) is 30.8 Å². The third-order valence-electron chi connectivity index (χ3n) is 11.7. The summed E-state index contributed by atoms with van der Waals surface area (Å²) in [5, 5.41) is 6.41. The lowest BCUT2D eigenvalue weighted by molar-refractivity contribution is -0.137. The molecule has 4 heterocycles. The fourth-order valence-electron chi connectivity index (χ4n) is 8.68. The molecule has 0 bridgehead atoms. The van der Waals surface area contributed by atoms with E-state index in [1.165, 1.54) is 5.56 Å². The number of carbonyl (C=O) groups is 4. The second kappa shape index (κ2) is 19.5. The molecule has 4 atom stereocenters.